The smallest absolute Gasteiger partial charge is 0.327 e. The Morgan fingerprint density at radius 2 is 2.12 bits per heavy atom. The molecule has 9 heteroatoms. The molecule has 4 amide bonds. The van der Waals surface area contributed by atoms with E-state index in [9.17, 15) is 19.2 Å². The molecule has 2 aliphatic rings. The maximum Gasteiger partial charge on any atom is 0.327 e. The van der Waals surface area contributed by atoms with Gasteiger partial charge in [-0.1, -0.05) is 18.2 Å². The number of carbonyl (C=O) groups is 4. The van der Waals surface area contributed by atoms with Gasteiger partial charge in [0.2, 0.25) is 0 Å². The number of imide groups is 1. The van der Waals surface area contributed by atoms with Crippen molar-refractivity contribution in [1.29, 1.82) is 0 Å². The Morgan fingerprint density at radius 3 is 2.84 bits per heavy atom. The van der Waals surface area contributed by atoms with Crippen LogP contribution < -0.4 is 15.8 Å². The number of amides is 4. The predicted molar refractivity (Wildman–Crippen MR) is 83.2 cm³/mol. The summed E-state index contributed by atoms with van der Waals surface area (Å²) in [5.74, 6) is -1.77. The van der Waals surface area contributed by atoms with E-state index in [1.165, 1.54) is 6.92 Å². The van der Waals surface area contributed by atoms with Gasteiger partial charge in [-0.2, -0.15) is 0 Å². The summed E-state index contributed by atoms with van der Waals surface area (Å²) < 4.78 is 10.3. The number of benzene rings is 1. The van der Waals surface area contributed by atoms with Crippen molar-refractivity contribution in [2.75, 3.05) is 13.2 Å². The van der Waals surface area contributed by atoms with Crippen LogP contribution in [0, 0.1) is 0 Å². The summed E-state index contributed by atoms with van der Waals surface area (Å²) >= 11 is 0. The number of nitrogens with zero attached hydrogens (tertiary/aromatic N) is 1. The summed E-state index contributed by atoms with van der Waals surface area (Å²) in [6.07, 6.45) is -0.899. The summed E-state index contributed by atoms with van der Waals surface area (Å²) in [4.78, 5) is 48.8. The lowest BCUT2D eigenvalue weighted by Crippen LogP contribution is -2.48. The Bertz CT molecular complexity index is 764. The molecule has 0 radical (unpaired) electrons. The van der Waals surface area contributed by atoms with E-state index in [1.54, 1.807) is 24.3 Å². The third-order valence-corrected chi connectivity index (χ3v) is 4.25. The summed E-state index contributed by atoms with van der Waals surface area (Å²) in [7, 11) is 0. The van der Waals surface area contributed by atoms with Crippen molar-refractivity contribution < 1.29 is 28.7 Å². The number of rotatable bonds is 4. The largest absolute Gasteiger partial charge is 0.493 e. The average Bonchev–Trinajstić information content (AvgIpc) is 2.80. The summed E-state index contributed by atoms with van der Waals surface area (Å²) in [6.45, 7) is 0.954. The van der Waals surface area contributed by atoms with Gasteiger partial charge in [0.05, 0.1) is 6.61 Å². The van der Waals surface area contributed by atoms with Gasteiger partial charge >= 0.3 is 12.0 Å². The monoisotopic (exact) mass is 347 g/mol. The highest BCUT2D eigenvalue weighted by molar-refractivity contribution is 6.09. The molecular weight excluding hydrogens is 330 g/mol. The maximum atomic E-state index is 12.9. The van der Waals surface area contributed by atoms with Crippen molar-refractivity contribution in [2.24, 2.45) is 5.73 Å². The first-order valence-corrected chi connectivity index (χ1v) is 7.70. The summed E-state index contributed by atoms with van der Waals surface area (Å²) in [5.41, 5.74) is 4.30. The lowest BCUT2D eigenvalue weighted by Gasteiger charge is -2.33. The van der Waals surface area contributed by atoms with Crippen LogP contribution in [0.25, 0.3) is 0 Å². The second-order valence-electron chi connectivity index (χ2n) is 5.86. The molecule has 1 spiro atoms. The molecule has 2 heterocycles. The second-order valence-corrected chi connectivity index (χ2v) is 5.86. The maximum absolute atomic E-state index is 12.9. The van der Waals surface area contributed by atoms with Crippen LogP contribution in [0.2, 0.25) is 0 Å². The summed E-state index contributed by atoms with van der Waals surface area (Å²) in [6, 6.07) is 6.20. The topological polar surface area (TPSA) is 128 Å². The Labute approximate surface area is 143 Å². The molecule has 2 atom stereocenters. The van der Waals surface area contributed by atoms with E-state index in [0.717, 1.165) is 4.90 Å². The molecule has 0 saturated carbocycles. The van der Waals surface area contributed by atoms with E-state index < -0.39 is 42.0 Å². The molecule has 1 saturated heterocycles. The number of ether oxygens (including phenoxy) is 2. The number of carbonyl (C=O) groups excluding carboxylic acids is 4. The molecular formula is C16H17N3O6. The number of para-hydroxylation sites is 1. The Balaban J connectivity index is 1.82. The number of hydrogen-bond acceptors (Lipinski definition) is 6. The van der Waals surface area contributed by atoms with Gasteiger partial charge in [0.25, 0.3) is 11.8 Å². The highest BCUT2D eigenvalue weighted by atomic mass is 16.5. The SMILES string of the molecule is C[C@@H](OC(=O)CN1C(=O)N[C@@]2(CCOc3ccccc32)C1=O)C(N)=O. The molecule has 1 aromatic rings. The van der Waals surface area contributed by atoms with Gasteiger partial charge in [0, 0.05) is 12.0 Å². The molecule has 0 aromatic heterocycles. The van der Waals surface area contributed by atoms with E-state index >= 15 is 0 Å². The third-order valence-electron chi connectivity index (χ3n) is 4.25. The zero-order valence-corrected chi connectivity index (χ0v) is 13.5. The van der Waals surface area contributed by atoms with Gasteiger partial charge in [0.15, 0.2) is 11.6 Å². The fourth-order valence-corrected chi connectivity index (χ4v) is 2.94. The number of nitrogens with one attached hydrogen (secondary N) is 1. The molecule has 0 bridgehead atoms. The van der Waals surface area contributed by atoms with Crippen LogP contribution >= 0.6 is 0 Å². The molecule has 1 fully saturated rings. The van der Waals surface area contributed by atoms with Gasteiger partial charge < -0.3 is 20.5 Å². The molecule has 2 aliphatic heterocycles. The van der Waals surface area contributed by atoms with Crippen LogP contribution in [0.3, 0.4) is 0 Å². The lowest BCUT2D eigenvalue weighted by atomic mass is 9.84. The van der Waals surface area contributed by atoms with Crippen LogP contribution in [0.5, 0.6) is 5.75 Å². The number of primary amides is 1. The van der Waals surface area contributed by atoms with Crippen LogP contribution in [0.1, 0.15) is 18.9 Å². The molecule has 3 N–H and O–H groups in total. The Hall–Kier alpha value is -3.10. The van der Waals surface area contributed by atoms with Gasteiger partial charge in [0.1, 0.15) is 12.3 Å². The minimum absolute atomic E-state index is 0.248. The second kappa shape index (κ2) is 6.08. The number of nitrogens with two attached hydrogens (primary N) is 1. The molecule has 132 valence electrons. The minimum Gasteiger partial charge on any atom is -0.493 e. The Morgan fingerprint density at radius 1 is 1.40 bits per heavy atom. The van der Waals surface area contributed by atoms with Crippen molar-refractivity contribution in [3.63, 3.8) is 0 Å². The zero-order valence-electron chi connectivity index (χ0n) is 13.5. The lowest BCUT2D eigenvalue weighted by molar-refractivity contribution is -0.155. The molecule has 1 aromatic carbocycles. The van der Waals surface area contributed by atoms with E-state index in [0.29, 0.717) is 11.3 Å². The zero-order chi connectivity index (χ0) is 18.2. The first kappa shape index (κ1) is 16.7. The van der Waals surface area contributed by atoms with E-state index in [4.69, 9.17) is 15.2 Å². The van der Waals surface area contributed by atoms with E-state index in [2.05, 4.69) is 5.32 Å². The highest BCUT2D eigenvalue weighted by Crippen LogP contribution is 2.40. The normalized spacial score (nSPS) is 22.8. The predicted octanol–water partition coefficient (Wildman–Crippen LogP) is -0.367. The molecule has 0 aliphatic carbocycles. The molecule has 9 nitrogen and oxygen atoms in total. The van der Waals surface area contributed by atoms with Crippen LogP contribution in [-0.4, -0.2) is 48.0 Å². The van der Waals surface area contributed by atoms with Crippen molar-refractivity contribution in [3.05, 3.63) is 29.8 Å². The van der Waals surface area contributed by atoms with Gasteiger partial charge in [-0.25, -0.2) is 4.79 Å². The first-order valence-electron chi connectivity index (χ1n) is 7.70. The standard InChI is InChI=1S/C16H17N3O6/c1-9(13(17)21)25-12(20)8-19-14(22)16(18-15(19)23)6-7-24-11-5-3-2-4-10(11)16/h2-5,9H,6-8H2,1H3,(H2,17,21)(H,18,23)/t9-,16-/m1/s1. The first-order chi connectivity index (χ1) is 11.8. The van der Waals surface area contributed by atoms with Gasteiger partial charge in [-0.15, -0.1) is 0 Å². The van der Waals surface area contributed by atoms with Gasteiger partial charge in [-0.05, 0) is 13.0 Å². The number of esters is 1. The quantitative estimate of drug-likeness (QED) is 0.565. The number of urea groups is 1. The van der Waals surface area contributed by atoms with Crippen LogP contribution in [0.4, 0.5) is 4.79 Å². The molecule has 25 heavy (non-hydrogen) atoms. The van der Waals surface area contributed by atoms with Crippen molar-refractivity contribution in [2.45, 2.75) is 25.0 Å². The number of fused-ring (bicyclic) bond motifs is 2. The van der Waals surface area contributed by atoms with Crippen molar-refractivity contribution in [3.8, 4) is 5.75 Å². The van der Waals surface area contributed by atoms with Crippen molar-refractivity contribution >= 4 is 23.8 Å². The van der Waals surface area contributed by atoms with Crippen LogP contribution in [0.15, 0.2) is 24.3 Å². The fourth-order valence-electron chi connectivity index (χ4n) is 2.94. The van der Waals surface area contributed by atoms with Gasteiger partial charge in [-0.3, -0.25) is 19.3 Å². The fraction of sp³-hybridized carbons (Fsp3) is 0.375. The molecule has 3 rings (SSSR count). The average molecular weight is 347 g/mol. The van der Waals surface area contributed by atoms with Crippen LogP contribution in [-0.2, 0) is 24.7 Å². The Kier molecular flexibility index (Phi) is 4.07. The third kappa shape index (κ3) is 2.77. The summed E-state index contributed by atoms with van der Waals surface area (Å²) in [5, 5.41) is 2.66. The van der Waals surface area contributed by atoms with E-state index in [1.807, 2.05) is 0 Å². The number of hydrogen-bond donors (Lipinski definition) is 2. The van der Waals surface area contributed by atoms with Crippen molar-refractivity contribution in [1.82, 2.24) is 10.2 Å². The minimum atomic E-state index is -1.26. The highest BCUT2D eigenvalue weighted by Gasteiger charge is 2.55. The molecule has 0 unspecified atom stereocenters. The van der Waals surface area contributed by atoms with E-state index in [-0.39, 0.29) is 13.0 Å².